The maximum atomic E-state index is 2.59. The molecule has 0 saturated carbocycles. The van der Waals surface area contributed by atoms with E-state index in [1.807, 2.05) is 0 Å². The molecule has 0 aliphatic rings. The number of hydrogen-bond donors (Lipinski definition) is 0. The summed E-state index contributed by atoms with van der Waals surface area (Å²) in [5, 5.41) is 0. The first-order valence-corrected chi connectivity index (χ1v) is 31.0. The summed E-state index contributed by atoms with van der Waals surface area (Å²) in [6, 6.07) is 35.7. The Morgan fingerprint density at radius 2 is 0.370 bits per heavy atom. The van der Waals surface area contributed by atoms with Gasteiger partial charge in [-0.05, 0) is 0 Å². The molecule has 0 fully saturated rings. The van der Waals surface area contributed by atoms with Crippen molar-refractivity contribution in [2.75, 3.05) is 0 Å². The van der Waals surface area contributed by atoms with Crippen molar-refractivity contribution in [3.8, 4) is 44.5 Å². The van der Waals surface area contributed by atoms with E-state index in [2.05, 4.69) is 251 Å². The predicted molar refractivity (Wildman–Crippen MR) is 329 cm³/mol. The van der Waals surface area contributed by atoms with Crippen LogP contribution in [0.25, 0.3) is 44.5 Å². The van der Waals surface area contributed by atoms with E-state index in [4.69, 9.17) is 0 Å². The van der Waals surface area contributed by atoms with Gasteiger partial charge in [-0.3, -0.25) is 0 Å². The Labute approximate surface area is 454 Å². The van der Waals surface area contributed by atoms with Gasteiger partial charge in [0.05, 0.1) is 0 Å². The van der Waals surface area contributed by atoms with Crippen LogP contribution in [-0.4, -0.2) is 15.4 Å². The summed E-state index contributed by atoms with van der Waals surface area (Å²) in [4.78, 5) is 0. The van der Waals surface area contributed by atoms with Gasteiger partial charge >= 0.3 is 458 Å². The van der Waals surface area contributed by atoms with Crippen molar-refractivity contribution in [3.63, 3.8) is 0 Å². The van der Waals surface area contributed by atoms with E-state index in [1.165, 1.54) is 111 Å². The molecular formula is C72H98Ge. The molecule has 6 aromatic carbocycles. The van der Waals surface area contributed by atoms with Crippen LogP contribution in [-0.2, 0) is 0 Å². The molecular weight excluding hydrogens is 937 g/mol. The zero-order valence-electron chi connectivity index (χ0n) is 50.5. The van der Waals surface area contributed by atoms with Gasteiger partial charge in [-0.1, -0.05) is 0 Å². The first kappa shape index (κ1) is 58.1. The topological polar surface area (TPSA) is 0 Å². The molecule has 0 heterocycles. The van der Waals surface area contributed by atoms with Crippen LogP contribution >= 0.6 is 0 Å². The van der Waals surface area contributed by atoms with Gasteiger partial charge < -0.3 is 0 Å². The summed E-state index contributed by atoms with van der Waals surface area (Å²) in [5.41, 5.74) is 29.4. The number of benzene rings is 6. The third-order valence-electron chi connectivity index (χ3n) is 16.0. The van der Waals surface area contributed by atoms with Crippen molar-refractivity contribution < 1.29 is 0 Å². The maximum absolute atomic E-state index is 2.59. The molecule has 0 N–H and O–H groups in total. The van der Waals surface area contributed by atoms with Crippen LogP contribution in [0.5, 0.6) is 0 Å². The summed E-state index contributed by atoms with van der Waals surface area (Å²) in [7, 11) is 0. The van der Waals surface area contributed by atoms with Crippen molar-refractivity contribution in [2.45, 2.75) is 237 Å². The van der Waals surface area contributed by atoms with E-state index in [0.29, 0.717) is 71.0 Å². The monoisotopic (exact) mass is 1040 g/mol. The summed E-state index contributed by atoms with van der Waals surface area (Å²) in [5.74, 6) is 4.64. The summed E-state index contributed by atoms with van der Waals surface area (Å²) < 4.78 is 3.15. The average molecular weight is 1040 g/mol. The van der Waals surface area contributed by atoms with Crippen LogP contribution in [0.2, 0.25) is 0 Å². The Kier molecular flexibility index (Phi) is 19.0. The van der Waals surface area contributed by atoms with Crippen LogP contribution < -0.4 is 8.79 Å². The van der Waals surface area contributed by atoms with Crippen molar-refractivity contribution in [1.82, 2.24) is 0 Å². The van der Waals surface area contributed by atoms with Gasteiger partial charge in [0.15, 0.2) is 0 Å². The Balaban J connectivity index is 1.98. The van der Waals surface area contributed by atoms with E-state index in [0.717, 1.165) is 0 Å². The fourth-order valence-electron chi connectivity index (χ4n) is 11.4. The molecule has 0 bridgehead atoms. The van der Waals surface area contributed by atoms with Crippen LogP contribution in [0, 0.1) is 0 Å². The molecule has 0 saturated heterocycles. The first-order valence-electron chi connectivity index (χ1n) is 28.9. The third kappa shape index (κ3) is 12.1. The molecule has 0 aromatic heterocycles. The van der Waals surface area contributed by atoms with Crippen molar-refractivity contribution in [2.24, 2.45) is 0 Å². The van der Waals surface area contributed by atoms with E-state index in [-0.39, 0.29) is 0 Å². The third-order valence-corrected chi connectivity index (χ3v) is 19.3. The van der Waals surface area contributed by atoms with Gasteiger partial charge in [-0.15, -0.1) is 0 Å². The molecule has 2 radical (unpaired) electrons. The quantitative estimate of drug-likeness (QED) is 0.0753. The minimum atomic E-state index is -1.14. The molecule has 0 aliphatic heterocycles. The van der Waals surface area contributed by atoms with Gasteiger partial charge in [-0.2, -0.15) is 0 Å². The van der Waals surface area contributed by atoms with Crippen LogP contribution in [0.1, 0.15) is 304 Å². The molecule has 73 heavy (non-hydrogen) atoms. The molecule has 0 nitrogen and oxygen atoms in total. The Morgan fingerprint density at radius 1 is 0.219 bits per heavy atom. The molecule has 0 unspecified atom stereocenters. The molecule has 0 amide bonds. The molecule has 390 valence electrons. The van der Waals surface area contributed by atoms with Gasteiger partial charge in [-0.25, -0.2) is 0 Å². The fourth-order valence-corrected chi connectivity index (χ4v) is 14.8. The number of hydrogen-bond acceptors (Lipinski definition) is 0. The van der Waals surface area contributed by atoms with Gasteiger partial charge in [0, 0.05) is 0 Å². The number of rotatable bonds is 18. The van der Waals surface area contributed by atoms with E-state index in [9.17, 15) is 0 Å². The van der Waals surface area contributed by atoms with E-state index < -0.39 is 15.4 Å². The zero-order valence-corrected chi connectivity index (χ0v) is 52.6. The summed E-state index contributed by atoms with van der Waals surface area (Å²) in [6.07, 6.45) is 0. The Hall–Kier alpha value is -4.14. The first-order chi connectivity index (χ1) is 34.2. The second-order valence-corrected chi connectivity index (χ2v) is 28.4. The fraction of sp³-hybridized carbons (Fsp3) is 0.500. The molecule has 0 atom stereocenters. The molecule has 6 rings (SSSR count). The minimum absolute atomic E-state index is 0.358. The molecule has 0 spiro atoms. The SMILES string of the molecule is CC(C)c1cc(C(C)C)c(-c2cccc(-c3c(C(C)C)cc(C(C)C)cc3C(C)C)[c]2[Ge][c]2c(-c3c(C(C)C)cc(C(C)C)cc3C(C)C)cccc2-c2c(C(C)C)cc(C(C)C)cc2C(C)C)c(C(C)C)c1. The summed E-state index contributed by atoms with van der Waals surface area (Å²) >= 11 is -1.14. The van der Waals surface area contributed by atoms with Gasteiger partial charge in [0.2, 0.25) is 0 Å². The second kappa shape index (κ2) is 23.8. The van der Waals surface area contributed by atoms with Crippen LogP contribution in [0.4, 0.5) is 0 Å². The average Bonchev–Trinajstić information content (AvgIpc) is 3.31. The Bertz CT molecular complexity index is 2380. The van der Waals surface area contributed by atoms with Crippen molar-refractivity contribution in [1.29, 1.82) is 0 Å². The van der Waals surface area contributed by atoms with Crippen molar-refractivity contribution >= 4 is 24.2 Å². The predicted octanol–water partition coefficient (Wildman–Crippen LogP) is 21.5. The standard InChI is InChI=1S/C72H98Ge/c1-39(2)51-31-59(43(9)10)67(60(32-51)44(11)12)55-27-25-28-56(68-61(45(13)14)33-52(40(3)4)34-62(68)46(15)16)71(55)73-72-57(69-63(47(17)18)35-53(41(5)6)36-64(69)48(19)20)29-26-30-58(72)70-65(49(21)22)37-54(42(7)8)38-66(70)50(23)24/h25-50H,1-24H3. The normalized spacial score (nSPS) is 12.5. The van der Waals surface area contributed by atoms with Crippen molar-refractivity contribution in [3.05, 3.63) is 152 Å². The molecule has 0 aliphatic carbocycles. The summed E-state index contributed by atoms with van der Waals surface area (Å²) in [6.45, 7) is 57.9. The van der Waals surface area contributed by atoms with Crippen LogP contribution in [0.15, 0.2) is 84.9 Å². The van der Waals surface area contributed by atoms with E-state index in [1.54, 1.807) is 8.79 Å². The molecule has 1 heteroatoms. The van der Waals surface area contributed by atoms with Gasteiger partial charge in [0.1, 0.15) is 0 Å². The van der Waals surface area contributed by atoms with Crippen LogP contribution in [0.3, 0.4) is 0 Å². The second-order valence-electron chi connectivity index (χ2n) is 25.7. The Morgan fingerprint density at radius 3 is 0.493 bits per heavy atom. The van der Waals surface area contributed by atoms with E-state index >= 15 is 0 Å². The van der Waals surface area contributed by atoms with Gasteiger partial charge in [0.25, 0.3) is 0 Å². The molecule has 6 aromatic rings. The zero-order chi connectivity index (χ0) is 54.2.